The Morgan fingerprint density at radius 3 is 2.38 bits per heavy atom. The van der Waals surface area contributed by atoms with Crippen molar-refractivity contribution in [3.63, 3.8) is 0 Å². The van der Waals surface area contributed by atoms with Crippen LogP contribution < -0.4 is 24.6 Å². The molecule has 0 aliphatic carbocycles. The third kappa shape index (κ3) is 5.35. The van der Waals surface area contributed by atoms with Gasteiger partial charge in [-0.1, -0.05) is 12.1 Å². The highest BCUT2D eigenvalue weighted by Crippen LogP contribution is 2.25. The van der Waals surface area contributed by atoms with E-state index in [9.17, 15) is 13.6 Å². The number of piperazine rings is 1. The molecule has 0 bridgehead atoms. The van der Waals surface area contributed by atoms with E-state index < -0.39 is 6.61 Å². The highest BCUT2D eigenvalue weighted by Gasteiger charge is 2.29. The maximum atomic E-state index is 12.7. The van der Waals surface area contributed by atoms with Crippen LogP contribution in [0.5, 0.6) is 11.5 Å². The normalized spacial score (nSPS) is 15.8. The minimum absolute atomic E-state index is 0.0395. The van der Waals surface area contributed by atoms with E-state index in [0.717, 1.165) is 42.5 Å². The van der Waals surface area contributed by atoms with Crippen molar-refractivity contribution >= 4 is 17.3 Å². The van der Waals surface area contributed by atoms with Gasteiger partial charge >= 0.3 is 6.61 Å². The van der Waals surface area contributed by atoms with Crippen LogP contribution >= 0.6 is 0 Å². The van der Waals surface area contributed by atoms with Crippen LogP contribution in [0.1, 0.15) is 6.92 Å². The number of halogens is 2. The van der Waals surface area contributed by atoms with Crippen LogP contribution in [-0.2, 0) is 4.79 Å². The number of anilines is 2. The van der Waals surface area contributed by atoms with Gasteiger partial charge in [-0.15, -0.1) is 0 Å². The van der Waals surface area contributed by atoms with Crippen molar-refractivity contribution in [1.29, 1.82) is 0 Å². The van der Waals surface area contributed by atoms with Crippen molar-refractivity contribution in [2.24, 2.45) is 0 Å². The lowest BCUT2D eigenvalue weighted by molar-refractivity contribution is -0.914. The van der Waals surface area contributed by atoms with Crippen LogP contribution in [0.25, 0.3) is 0 Å². The van der Waals surface area contributed by atoms with Crippen molar-refractivity contribution in [3.8, 4) is 11.5 Å². The molecular formula is C21H26F2N3O3+. The first-order valence-corrected chi connectivity index (χ1v) is 9.56. The average Bonchev–Trinajstić information content (AvgIpc) is 2.74. The van der Waals surface area contributed by atoms with Gasteiger partial charge in [0.1, 0.15) is 11.5 Å². The van der Waals surface area contributed by atoms with E-state index >= 15 is 0 Å². The number of alkyl halides is 2. The smallest absolute Gasteiger partial charge is 0.387 e. The second-order valence-electron chi connectivity index (χ2n) is 6.93. The fraction of sp³-hybridized carbons (Fsp3) is 0.381. The van der Waals surface area contributed by atoms with Gasteiger partial charge in [-0.2, -0.15) is 8.78 Å². The number of methoxy groups -OCH3 is 1. The van der Waals surface area contributed by atoms with Crippen LogP contribution in [0, 0.1) is 0 Å². The Hall–Kier alpha value is -2.87. The minimum atomic E-state index is -2.94. The van der Waals surface area contributed by atoms with E-state index in [0.29, 0.717) is 0 Å². The van der Waals surface area contributed by atoms with E-state index in [1.54, 1.807) is 25.3 Å². The summed E-state index contributed by atoms with van der Waals surface area (Å²) in [4.78, 5) is 16.1. The number of nitrogens with zero attached hydrogens (tertiary/aromatic N) is 1. The van der Waals surface area contributed by atoms with Crippen LogP contribution in [0.2, 0.25) is 0 Å². The molecule has 1 amide bonds. The molecule has 0 saturated carbocycles. The monoisotopic (exact) mass is 406 g/mol. The number of hydrogen-bond acceptors (Lipinski definition) is 4. The highest BCUT2D eigenvalue weighted by atomic mass is 19.3. The van der Waals surface area contributed by atoms with Gasteiger partial charge in [-0.25, -0.2) is 0 Å². The molecule has 2 aromatic rings. The summed E-state index contributed by atoms with van der Waals surface area (Å²) in [5, 5.41) is 2.72. The maximum Gasteiger partial charge on any atom is 0.387 e. The van der Waals surface area contributed by atoms with E-state index in [1.807, 2.05) is 31.2 Å². The Kier molecular flexibility index (Phi) is 6.87. The van der Waals surface area contributed by atoms with Crippen LogP contribution in [0.15, 0.2) is 48.5 Å². The third-order valence-corrected chi connectivity index (χ3v) is 5.21. The first-order chi connectivity index (χ1) is 14.0. The molecule has 0 unspecified atom stereocenters. The molecular weight excluding hydrogens is 380 g/mol. The van der Waals surface area contributed by atoms with E-state index in [2.05, 4.69) is 15.0 Å². The van der Waals surface area contributed by atoms with E-state index in [4.69, 9.17) is 4.74 Å². The van der Waals surface area contributed by atoms with Crippen LogP contribution in [0.4, 0.5) is 20.2 Å². The molecule has 0 aromatic heterocycles. The number of para-hydroxylation sites is 2. The summed E-state index contributed by atoms with van der Waals surface area (Å²) in [6.45, 7) is 2.16. The number of amides is 1. The Morgan fingerprint density at radius 2 is 1.76 bits per heavy atom. The van der Waals surface area contributed by atoms with Crippen molar-refractivity contribution in [1.82, 2.24) is 0 Å². The zero-order valence-corrected chi connectivity index (χ0v) is 16.5. The van der Waals surface area contributed by atoms with Gasteiger partial charge in [0.05, 0.1) is 39.0 Å². The van der Waals surface area contributed by atoms with Crippen molar-refractivity contribution in [2.45, 2.75) is 19.6 Å². The summed E-state index contributed by atoms with van der Waals surface area (Å²) in [7, 11) is 1.64. The first-order valence-electron chi connectivity index (χ1n) is 9.56. The molecule has 1 saturated heterocycles. The SMILES string of the molecule is COc1ccc(N2CC[NH+]([C@H](C)C(=O)Nc3ccccc3OC(F)F)CC2)cc1. The highest BCUT2D eigenvalue weighted by molar-refractivity contribution is 5.94. The molecule has 1 fully saturated rings. The zero-order chi connectivity index (χ0) is 20.8. The van der Waals surface area contributed by atoms with Crippen molar-refractivity contribution < 1.29 is 27.9 Å². The summed E-state index contributed by atoms with van der Waals surface area (Å²) in [5.74, 6) is 0.560. The Morgan fingerprint density at radius 1 is 1.10 bits per heavy atom. The van der Waals surface area contributed by atoms with Gasteiger partial charge in [0, 0.05) is 5.69 Å². The molecule has 1 aliphatic rings. The number of carbonyl (C=O) groups is 1. The predicted molar refractivity (Wildman–Crippen MR) is 107 cm³/mol. The molecule has 1 atom stereocenters. The van der Waals surface area contributed by atoms with Gasteiger partial charge in [0.25, 0.3) is 5.91 Å². The fourth-order valence-electron chi connectivity index (χ4n) is 3.47. The van der Waals surface area contributed by atoms with Gasteiger partial charge in [-0.05, 0) is 43.3 Å². The molecule has 2 N–H and O–H groups in total. The number of ether oxygens (including phenoxy) is 2. The number of hydrogen-bond donors (Lipinski definition) is 2. The lowest BCUT2D eigenvalue weighted by Crippen LogP contribution is -3.19. The zero-order valence-electron chi connectivity index (χ0n) is 16.5. The number of rotatable bonds is 7. The molecule has 3 rings (SSSR count). The molecule has 0 spiro atoms. The van der Waals surface area contributed by atoms with E-state index in [1.165, 1.54) is 6.07 Å². The van der Waals surface area contributed by atoms with Gasteiger partial charge in [0.15, 0.2) is 6.04 Å². The molecule has 6 nitrogen and oxygen atoms in total. The molecule has 0 radical (unpaired) electrons. The third-order valence-electron chi connectivity index (χ3n) is 5.21. The quantitative estimate of drug-likeness (QED) is 0.739. The van der Waals surface area contributed by atoms with Gasteiger partial charge in [0.2, 0.25) is 0 Å². The van der Waals surface area contributed by atoms with Crippen molar-refractivity contribution in [3.05, 3.63) is 48.5 Å². The summed E-state index contributed by atoms with van der Waals surface area (Å²) in [6.07, 6.45) is 0. The minimum Gasteiger partial charge on any atom is -0.497 e. The van der Waals surface area contributed by atoms with Crippen molar-refractivity contribution in [2.75, 3.05) is 43.5 Å². The first kappa shape index (κ1) is 20.9. The molecule has 1 aliphatic heterocycles. The summed E-state index contributed by atoms with van der Waals surface area (Å²) in [6, 6.07) is 13.8. The Labute approximate surface area is 169 Å². The topological polar surface area (TPSA) is 55.2 Å². The molecule has 29 heavy (non-hydrogen) atoms. The molecule has 1 heterocycles. The van der Waals surface area contributed by atoms with E-state index in [-0.39, 0.29) is 23.4 Å². The standard InChI is InChI=1S/C21H25F2N3O3/c1-15(20(27)24-18-5-3-4-6-19(18)29-21(22)23)25-11-13-26(14-12-25)16-7-9-17(28-2)10-8-16/h3-10,15,21H,11-14H2,1-2H3,(H,24,27)/p+1/t15-/m1/s1. The average molecular weight is 406 g/mol. The fourth-order valence-corrected chi connectivity index (χ4v) is 3.47. The number of carbonyl (C=O) groups excluding carboxylic acids is 1. The van der Waals surface area contributed by atoms with Gasteiger partial charge < -0.3 is 24.6 Å². The van der Waals surface area contributed by atoms with Gasteiger partial charge in [-0.3, -0.25) is 4.79 Å². The van der Waals surface area contributed by atoms with Crippen LogP contribution in [0.3, 0.4) is 0 Å². The lowest BCUT2D eigenvalue weighted by Gasteiger charge is -2.36. The number of benzene rings is 2. The number of nitrogens with one attached hydrogen (secondary N) is 2. The molecule has 2 aromatic carbocycles. The second kappa shape index (κ2) is 9.56. The summed E-state index contributed by atoms with van der Waals surface area (Å²) in [5.41, 5.74) is 1.38. The molecule has 8 heteroatoms. The largest absolute Gasteiger partial charge is 0.497 e. The summed E-state index contributed by atoms with van der Waals surface area (Å²) < 4.78 is 34.8. The van der Waals surface area contributed by atoms with Crippen LogP contribution in [-0.4, -0.2) is 51.8 Å². The Bertz CT molecular complexity index is 809. The summed E-state index contributed by atoms with van der Waals surface area (Å²) >= 11 is 0. The molecule has 156 valence electrons. The maximum absolute atomic E-state index is 12.7. The second-order valence-corrected chi connectivity index (χ2v) is 6.93. The lowest BCUT2D eigenvalue weighted by atomic mass is 10.2. The number of quaternary nitrogens is 1. The predicted octanol–water partition coefficient (Wildman–Crippen LogP) is 2.03. The Balaban J connectivity index is 1.56.